The van der Waals surface area contributed by atoms with Gasteiger partial charge in [0, 0.05) is 28.4 Å². The number of pyridine rings is 2. The number of fused-ring (bicyclic) bond motifs is 1. The molecular formula is C26H27N5O3. The maximum atomic E-state index is 13.7. The van der Waals surface area contributed by atoms with Crippen molar-refractivity contribution >= 4 is 11.0 Å². The molecule has 1 aromatic carbocycles. The minimum Gasteiger partial charge on any atom is -0.349 e. The molecule has 2 N–H and O–H groups in total. The summed E-state index contributed by atoms with van der Waals surface area (Å²) in [5.74, 6) is 0.590. The summed E-state index contributed by atoms with van der Waals surface area (Å²) in [6.45, 7) is 6.77. The molecule has 174 valence electrons. The fraction of sp³-hybridized carbons (Fsp3) is 0.308. The van der Waals surface area contributed by atoms with E-state index >= 15 is 0 Å². The molecular weight excluding hydrogens is 430 g/mol. The van der Waals surface area contributed by atoms with Crippen LogP contribution in [-0.2, 0) is 16.0 Å². The van der Waals surface area contributed by atoms with Crippen LogP contribution in [0.25, 0.3) is 33.4 Å². The van der Waals surface area contributed by atoms with Gasteiger partial charge in [0.05, 0.1) is 31.5 Å². The topological polar surface area (TPSA) is 105 Å². The van der Waals surface area contributed by atoms with E-state index in [0.717, 1.165) is 33.5 Å². The molecule has 8 heteroatoms. The van der Waals surface area contributed by atoms with Crippen molar-refractivity contribution in [1.82, 2.24) is 19.5 Å². The predicted molar refractivity (Wildman–Crippen MR) is 130 cm³/mol. The van der Waals surface area contributed by atoms with Crippen molar-refractivity contribution in [2.24, 2.45) is 5.73 Å². The second-order valence-corrected chi connectivity index (χ2v) is 8.72. The van der Waals surface area contributed by atoms with Crippen LogP contribution in [0.15, 0.2) is 53.5 Å². The Morgan fingerprint density at radius 2 is 1.82 bits per heavy atom. The third-order valence-electron chi connectivity index (χ3n) is 5.97. The van der Waals surface area contributed by atoms with Crippen molar-refractivity contribution in [2.45, 2.75) is 39.6 Å². The van der Waals surface area contributed by atoms with Crippen LogP contribution in [-0.4, -0.2) is 45.1 Å². The van der Waals surface area contributed by atoms with Gasteiger partial charge in [0.1, 0.15) is 11.5 Å². The average molecular weight is 458 g/mol. The standard InChI is InChI=1S/C26H27N5O3/c1-15-9-18(23-6-4-5-16(2)29-23)7-8-21(15)22-10-19-11-28-17(3)30-25(19)31(26(22)32)12-24-33-13-20(27)14-34-24/h4-11,20,24H,12-14,27H2,1-3H3/t20-,24-. The molecule has 0 spiro atoms. The Hall–Kier alpha value is -3.46. The first-order valence-electron chi connectivity index (χ1n) is 11.3. The van der Waals surface area contributed by atoms with Gasteiger partial charge < -0.3 is 15.2 Å². The number of nitrogens with two attached hydrogens (primary N) is 1. The summed E-state index contributed by atoms with van der Waals surface area (Å²) in [6, 6.07) is 13.7. The maximum Gasteiger partial charge on any atom is 0.260 e. The number of aryl methyl sites for hydroxylation is 3. The largest absolute Gasteiger partial charge is 0.349 e. The van der Waals surface area contributed by atoms with Crippen molar-refractivity contribution < 1.29 is 9.47 Å². The molecule has 0 saturated carbocycles. The quantitative estimate of drug-likeness (QED) is 0.502. The monoisotopic (exact) mass is 457 g/mol. The molecule has 0 bridgehead atoms. The van der Waals surface area contributed by atoms with Gasteiger partial charge in [-0.2, -0.15) is 0 Å². The number of ether oxygens (including phenoxy) is 2. The van der Waals surface area contributed by atoms with E-state index in [4.69, 9.17) is 15.2 Å². The van der Waals surface area contributed by atoms with E-state index in [1.807, 2.05) is 50.2 Å². The highest BCUT2D eigenvalue weighted by Crippen LogP contribution is 2.28. The van der Waals surface area contributed by atoms with Gasteiger partial charge in [-0.15, -0.1) is 0 Å². The molecule has 3 aromatic heterocycles. The fourth-order valence-corrected chi connectivity index (χ4v) is 4.25. The predicted octanol–water partition coefficient (Wildman–Crippen LogP) is 3.15. The molecule has 1 saturated heterocycles. The zero-order valence-electron chi connectivity index (χ0n) is 19.5. The molecule has 8 nitrogen and oxygen atoms in total. The number of hydrogen-bond donors (Lipinski definition) is 1. The minimum absolute atomic E-state index is 0.155. The summed E-state index contributed by atoms with van der Waals surface area (Å²) in [7, 11) is 0. The van der Waals surface area contributed by atoms with Gasteiger partial charge in [-0.25, -0.2) is 9.97 Å². The minimum atomic E-state index is -0.568. The van der Waals surface area contributed by atoms with Crippen LogP contribution >= 0.6 is 0 Å². The maximum absolute atomic E-state index is 13.7. The molecule has 1 aliphatic heterocycles. The molecule has 0 amide bonds. The highest BCUT2D eigenvalue weighted by atomic mass is 16.7. The molecule has 0 atom stereocenters. The Bertz CT molecular complexity index is 1420. The van der Waals surface area contributed by atoms with Crippen molar-refractivity contribution in [3.05, 3.63) is 76.1 Å². The Morgan fingerprint density at radius 3 is 2.56 bits per heavy atom. The van der Waals surface area contributed by atoms with Gasteiger partial charge in [-0.05, 0) is 56.2 Å². The Morgan fingerprint density at radius 1 is 1.03 bits per heavy atom. The lowest BCUT2D eigenvalue weighted by Crippen LogP contribution is -2.43. The van der Waals surface area contributed by atoms with Gasteiger partial charge in [-0.1, -0.05) is 18.2 Å². The Balaban J connectivity index is 1.60. The molecule has 0 radical (unpaired) electrons. The van der Waals surface area contributed by atoms with Gasteiger partial charge >= 0.3 is 0 Å². The van der Waals surface area contributed by atoms with Gasteiger partial charge in [0.25, 0.3) is 5.56 Å². The lowest BCUT2D eigenvalue weighted by atomic mass is 9.97. The molecule has 34 heavy (non-hydrogen) atoms. The van der Waals surface area contributed by atoms with E-state index in [9.17, 15) is 4.79 Å². The lowest BCUT2D eigenvalue weighted by Gasteiger charge is -2.28. The first-order chi connectivity index (χ1) is 16.4. The number of nitrogens with zero attached hydrogens (tertiary/aromatic N) is 4. The lowest BCUT2D eigenvalue weighted by molar-refractivity contribution is -0.191. The van der Waals surface area contributed by atoms with Crippen LogP contribution < -0.4 is 11.3 Å². The Kier molecular flexibility index (Phi) is 5.95. The first kappa shape index (κ1) is 22.3. The number of rotatable bonds is 4. The summed E-state index contributed by atoms with van der Waals surface area (Å²) >= 11 is 0. The summed E-state index contributed by atoms with van der Waals surface area (Å²) in [5.41, 5.74) is 11.5. The molecule has 5 rings (SSSR count). The van der Waals surface area contributed by atoms with Crippen LogP contribution in [0.5, 0.6) is 0 Å². The second kappa shape index (κ2) is 9.06. The van der Waals surface area contributed by atoms with Crippen molar-refractivity contribution in [3.63, 3.8) is 0 Å². The van der Waals surface area contributed by atoms with E-state index in [1.165, 1.54) is 0 Å². The molecule has 1 fully saturated rings. The van der Waals surface area contributed by atoms with Crippen LogP contribution in [0, 0.1) is 20.8 Å². The highest BCUT2D eigenvalue weighted by Gasteiger charge is 2.23. The van der Waals surface area contributed by atoms with Gasteiger partial charge in [0.2, 0.25) is 0 Å². The van der Waals surface area contributed by atoms with E-state index < -0.39 is 6.29 Å². The summed E-state index contributed by atoms with van der Waals surface area (Å²) in [6.07, 6.45) is 1.18. The summed E-state index contributed by atoms with van der Waals surface area (Å²) in [4.78, 5) is 27.2. The smallest absolute Gasteiger partial charge is 0.260 e. The zero-order chi connectivity index (χ0) is 23.8. The fourth-order valence-electron chi connectivity index (χ4n) is 4.25. The molecule has 4 aromatic rings. The Labute approximate surface area is 197 Å². The average Bonchev–Trinajstić information content (AvgIpc) is 2.82. The van der Waals surface area contributed by atoms with E-state index in [-0.39, 0.29) is 18.1 Å². The number of aromatic nitrogens is 4. The highest BCUT2D eigenvalue weighted by molar-refractivity contribution is 5.82. The number of benzene rings is 1. The molecule has 4 heterocycles. The van der Waals surface area contributed by atoms with Crippen LogP contribution in [0.3, 0.4) is 0 Å². The van der Waals surface area contributed by atoms with Crippen LogP contribution in [0.2, 0.25) is 0 Å². The molecule has 1 aliphatic rings. The van der Waals surface area contributed by atoms with Crippen LogP contribution in [0.1, 0.15) is 17.1 Å². The van der Waals surface area contributed by atoms with Gasteiger partial charge in [-0.3, -0.25) is 14.3 Å². The second-order valence-electron chi connectivity index (χ2n) is 8.72. The van der Waals surface area contributed by atoms with E-state index in [1.54, 1.807) is 17.7 Å². The van der Waals surface area contributed by atoms with Crippen molar-refractivity contribution in [1.29, 1.82) is 0 Å². The summed E-state index contributed by atoms with van der Waals surface area (Å²) in [5, 5.41) is 0.775. The van der Waals surface area contributed by atoms with E-state index in [2.05, 4.69) is 21.0 Å². The van der Waals surface area contributed by atoms with Crippen molar-refractivity contribution in [3.8, 4) is 22.4 Å². The normalized spacial score (nSPS) is 18.4. The SMILES string of the molecule is Cc1cccc(-c2ccc(-c3cc4cnc(C)nc4n(C[C@H]4OC[C@H](N)CO4)c3=O)c(C)c2)n1. The molecule has 0 unspecified atom stereocenters. The third kappa shape index (κ3) is 4.35. The third-order valence-corrected chi connectivity index (χ3v) is 5.97. The molecule has 0 aliphatic carbocycles. The summed E-state index contributed by atoms with van der Waals surface area (Å²) < 4.78 is 13.1. The van der Waals surface area contributed by atoms with E-state index in [0.29, 0.717) is 30.2 Å². The zero-order valence-corrected chi connectivity index (χ0v) is 19.5. The number of hydrogen-bond acceptors (Lipinski definition) is 7. The van der Waals surface area contributed by atoms with Crippen molar-refractivity contribution in [2.75, 3.05) is 13.2 Å². The van der Waals surface area contributed by atoms with Crippen LogP contribution in [0.4, 0.5) is 0 Å². The first-order valence-corrected chi connectivity index (χ1v) is 11.3. The van der Waals surface area contributed by atoms with Gasteiger partial charge in [0.15, 0.2) is 6.29 Å².